The summed E-state index contributed by atoms with van der Waals surface area (Å²) in [7, 11) is 0. The third-order valence-electron chi connectivity index (χ3n) is 4.22. The van der Waals surface area contributed by atoms with Crippen LogP contribution >= 0.6 is 0 Å². The summed E-state index contributed by atoms with van der Waals surface area (Å²) >= 11 is 0. The maximum atomic E-state index is 12.6. The van der Waals surface area contributed by atoms with Gasteiger partial charge in [0.15, 0.2) is 0 Å². The van der Waals surface area contributed by atoms with E-state index >= 15 is 0 Å². The molecule has 1 aromatic heterocycles. The minimum absolute atomic E-state index is 0.127. The van der Waals surface area contributed by atoms with Crippen LogP contribution in [0.4, 0.5) is 0 Å². The molecule has 8 heteroatoms. The highest BCUT2D eigenvalue weighted by Gasteiger charge is 2.13. The summed E-state index contributed by atoms with van der Waals surface area (Å²) in [6.07, 6.45) is 2.69. The Morgan fingerprint density at radius 2 is 1.93 bits per heavy atom. The zero-order valence-corrected chi connectivity index (χ0v) is 15.4. The highest BCUT2D eigenvalue weighted by atomic mass is 16.2. The van der Waals surface area contributed by atoms with Crippen LogP contribution in [-0.2, 0) is 11.3 Å². The van der Waals surface area contributed by atoms with Crippen LogP contribution in [0.1, 0.15) is 34.5 Å². The summed E-state index contributed by atoms with van der Waals surface area (Å²) in [6, 6.07) is 14.7. The Bertz CT molecular complexity index is 967. The third kappa shape index (κ3) is 4.47. The van der Waals surface area contributed by atoms with Gasteiger partial charge in [0.2, 0.25) is 5.91 Å². The number of rotatable bonds is 7. The van der Waals surface area contributed by atoms with Gasteiger partial charge in [-0.05, 0) is 46.7 Å². The van der Waals surface area contributed by atoms with Crippen molar-refractivity contribution >= 4 is 11.8 Å². The number of nitrogens with one attached hydrogen (secondary N) is 2. The maximum absolute atomic E-state index is 12.6. The Hall–Kier alpha value is -3.81. The number of amides is 2. The number of carbonyl (C=O) groups excluding carboxylic acids is 2. The minimum Gasteiger partial charge on any atom is -0.348 e. The molecule has 1 unspecified atom stereocenters. The summed E-state index contributed by atoms with van der Waals surface area (Å²) in [5.41, 5.74) is 2.99. The number of para-hydroxylation sites is 1. The molecule has 1 atom stereocenters. The molecule has 0 aliphatic carbocycles. The van der Waals surface area contributed by atoms with Crippen LogP contribution in [0.3, 0.4) is 0 Å². The highest BCUT2D eigenvalue weighted by Crippen LogP contribution is 2.15. The van der Waals surface area contributed by atoms with Crippen molar-refractivity contribution in [2.24, 2.45) is 0 Å². The van der Waals surface area contributed by atoms with Crippen molar-refractivity contribution in [3.8, 4) is 5.69 Å². The fraction of sp³-hybridized carbons (Fsp3) is 0.150. The van der Waals surface area contributed by atoms with Gasteiger partial charge >= 0.3 is 0 Å². The van der Waals surface area contributed by atoms with E-state index in [-0.39, 0.29) is 17.9 Å². The summed E-state index contributed by atoms with van der Waals surface area (Å²) < 4.78 is 1.45. The Morgan fingerprint density at radius 1 is 1.18 bits per heavy atom. The van der Waals surface area contributed by atoms with Crippen molar-refractivity contribution in [1.82, 2.24) is 30.8 Å². The smallest absolute Gasteiger partial charge is 0.253 e. The van der Waals surface area contributed by atoms with Crippen molar-refractivity contribution in [2.75, 3.05) is 0 Å². The molecule has 0 fully saturated rings. The van der Waals surface area contributed by atoms with Crippen LogP contribution in [0.15, 0.2) is 67.5 Å². The lowest BCUT2D eigenvalue weighted by atomic mass is 10.1. The Balaban J connectivity index is 1.64. The fourth-order valence-corrected chi connectivity index (χ4v) is 2.69. The van der Waals surface area contributed by atoms with E-state index in [1.807, 2.05) is 37.3 Å². The number of hydrogen-bond donors (Lipinski definition) is 2. The third-order valence-corrected chi connectivity index (χ3v) is 4.22. The minimum atomic E-state index is -0.221. The largest absolute Gasteiger partial charge is 0.348 e. The predicted molar refractivity (Wildman–Crippen MR) is 104 cm³/mol. The van der Waals surface area contributed by atoms with E-state index < -0.39 is 0 Å². The second-order valence-corrected chi connectivity index (χ2v) is 6.13. The van der Waals surface area contributed by atoms with E-state index in [0.29, 0.717) is 17.8 Å². The normalized spacial score (nSPS) is 11.5. The molecule has 142 valence electrons. The van der Waals surface area contributed by atoms with E-state index in [1.54, 1.807) is 18.2 Å². The van der Waals surface area contributed by atoms with E-state index in [2.05, 4.69) is 32.7 Å². The Morgan fingerprint density at radius 3 is 2.61 bits per heavy atom. The molecule has 1 heterocycles. The molecule has 8 nitrogen and oxygen atoms in total. The quantitative estimate of drug-likeness (QED) is 0.614. The molecular weight excluding hydrogens is 356 g/mol. The van der Waals surface area contributed by atoms with Crippen molar-refractivity contribution in [1.29, 1.82) is 0 Å². The standard InChI is InChI=1S/C20H20N6O2/c1-3-19(27)23-14(2)16-10-8-15(9-11-16)12-21-20(28)17-6-4-5-7-18(17)26-13-22-24-25-26/h3-11,13-14H,1,12H2,2H3,(H,21,28)(H,23,27). The van der Waals surface area contributed by atoms with Gasteiger partial charge < -0.3 is 10.6 Å². The van der Waals surface area contributed by atoms with Crippen LogP contribution < -0.4 is 10.6 Å². The summed E-state index contributed by atoms with van der Waals surface area (Å²) in [4.78, 5) is 24.0. The first-order valence-corrected chi connectivity index (χ1v) is 8.71. The average molecular weight is 376 g/mol. The van der Waals surface area contributed by atoms with Gasteiger partial charge in [0.05, 0.1) is 17.3 Å². The van der Waals surface area contributed by atoms with Gasteiger partial charge in [-0.1, -0.05) is 43.0 Å². The fourth-order valence-electron chi connectivity index (χ4n) is 2.69. The van der Waals surface area contributed by atoms with Gasteiger partial charge in [-0.2, -0.15) is 4.68 Å². The number of benzene rings is 2. The second kappa shape index (κ2) is 8.72. The van der Waals surface area contributed by atoms with Gasteiger partial charge in [0, 0.05) is 6.54 Å². The number of tetrazole rings is 1. The van der Waals surface area contributed by atoms with Crippen molar-refractivity contribution in [3.63, 3.8) is 0 Å². The van der Waals surface area contributed by atoms with Crippen LogP contribution in [0.25, 0.3) is 5.69 Å². The Labute approximate surface area is 162 Å². The van der Waals surface area contributed by atoms with Crippen LogP contribution in [-0.4, -0.2) is 32.0 Å². The number of hydrogen-bond acceptors (Lipinski definition) is 5. The van der Waals surface area contributed by atoms with E-state index in [9.17, 15) is 9.59 Å². The lowest BCUT2D eigenvalue weighted by Crippen LogP contribution is -2.25. The molecule has 3 aromatic rings. The molecule has 0 aliphatic heterocycles. The summed E-state index contributed by atoms with van der Waals surface area (Å²) in [5, 5.41) is 16.8. The van der Waals surface area contributed by atoms with E-state index in [1.165, 1.54) is 17.1 Å². The lowest BCUT2D eigenvalue weighted by molar-refractivity contribution is -0.117. The predicted octanol–water partition coefficient (Wildman–Crippen LogP) is 1.96. The first kappa shape index (κ1) is 19.0. The molecule has 0 radical (unpaired) electrons. The highest BCUT2D eigenvalue weighted by molar-refractivity contribution is 5.97. The monoisotopic (exact) mass is 376 g/mol. The second-order valence-electron chi connectivity index (χ2n) is 6.13. The molecule has 0 saturated heterocycles. The van der Waals surface area contributed by atoms with Crippen LogP contribution in [0.5, 0.6) is 0 Å². The first-order valence-electron chi connectivity index (χ1n) is 8.71. The maximum Gasteiger partial charge on any atom is 0.253 e. The number of nitrogens with zero attached hydrogens (tertiary/aromatic N) is 4. The van der Waals surface area contributed by atoms with Gasteiger partial charge in [-0.25, -0.2) is 0 Å². The molecule has 0 bridgehead atoms. The first-order chi connectivity index (χ1) is 13.6. The molecule has 2 N–H and O–H groups in total. The number of aromatic nitrogens is 4. The Kier molecular flexibility index (Phi) is 5.91. The molecule has 2 aromatic carbocycles. The lowest BCUT2D eigenvalue weighted by Gasteiger charge is -2.14. The van der Waals surface area contributed by atoms with Crippen molar-refractivity contribution < 1.29 is 9.59 Å². The van der Waals surface area contributed by atoms with Gasteiger partial charge in [-0.3, -0.25) is 9.59 Å². The van der Waals surface area contributed by atoms with Crippen LogP contribution in [0, 0.1) is 0 Å². The zero-order valence-electron chi connectivity index (χ0n) is 15.4. The van der Waals surface area contributed by atoms with E-state index in [4.69, 9.17) is 0 Å². The topological polar surface area (TPSA) is 102 Å². The SMILES string of the molecule is C=CC(=O)NC(C)c1ccc(CNC(=O)c2ccccc2-n2cnnn2)cc1. The molecule has 0 aliphatic rings. The molecule has 2 amide bonds. The van der Waals surface area contributed by atoms with Gasteiger partial charge in [0.25, 0.3) is 5.91 Å². The molecule has 3 rings (SSSR count). The van der Waals surface area contributed by atoms with Crippen molar-refractivity contribution in [3.05, 3.63) is 84.2 Å². The van der Waals surface area contributed by atoms with Gasteiger partial charge in [0.1, 0.15) is 6.33 Å². The van der Waals surface area contributed by atoms with E-state index in [0.717, 1.165) is 11.1 Å². The number of carbonyl (C=O) groups is 2. The molecular formula is C20H20N6O2. The summed E-state index contributed by atoms with van der Waals surface area (Å²) in [5.74, 6) is -0.438. The van der Waals surface area contributed by atoms with Crippen LogP contribution in [0.2, 0.25) is 0 Å². The molecule has 0 saturated carbocycles. The molecule has 28 heavy (non-hydrogen) atoms. The molecule has 0 spiro atoms. The zero-order chi connectivity index (χ0) is 19.9. The van der Waals surface area contributed by atoms with Gasteiger partial charge in [-0.15, -0.1) is 5.10 Å². The van der Waals surface area contributed by atoms with Crippen molar-refractivity contribution in [2.45, 2.75) is 19.5 Å². The average Bonchev–Trinajstić information content (AvgIpc) is 3.27. The summed E-state index contributed by atoms with van der Waals surface area (Å²) in [6.45, 7) is 5.71.